The summed E-state index contributed by atoms with van der Waals surface area (Å²) in [5.41, 5.74) is 8.01. The molecule has 0 aliphatic heterocycles. The first-order chi connectivity index (χ1) is 9.72. The Morgan fingerprint density at radius 1 is 1.25 bits per heavy atom. The monoisotopic (exact) mass is 287 g/mol. The molecule has 0 aliphatic rings. The van der Waals surface area contributed by atoms with Gasteiger partial charge in [-0.2, -0.15) is 16.3 Å². The molecular formula is C14H13N3O2S. The van der Waals surface area contributed by atoms with Gasteiger partial charge in [0.25, 0.3) is 0 Å². The minimum absolute atomic E-state index is 0.236. The zero-order chi connectivity index (χ0) is 13.9. The first-order valence-corrected chi connectivity index (χ1v) is 7.06. The lowest BCUT2D eigenvalue weighted by Crippen LogP contribution is -2.13. The number of aromatic hydroxyl groups is 1. The molecule has 102 valence electrons. The summed E-state index contributed by atoms with van der Waals surface area (Å²) in [6.07, 6.45) is 0.575. The molecule has 1 atom stereocenters. The molecule has 2 heterocycles. The van der Waals surface area contributed by atoms with E-state index in [1.807, 2.05) is 29.0 Å². The largest absolute Gasteiger partial charge is 0.508 e. The molecule has 20 heavy (non-hydrogen) atoms. The van der Waals surface area contributed by atoms with E-state index in [0.717, 1.165) is 11.1 Å². The molecule has 0 saturated heterocycles. The third kappa shape index (κ3) is 2.71. The summed E-state index contributed by atoms with van der Waals surface area (Å²) in [5.74, 6) is 1.21. The van der Waals surface area contributed by atoms with Crippen molar-refractivity contribution in [1.29, 1.82) is 0 Å². The number of nitrogens with zero attached hydrogens (tertiary/aromatic N) is 2. The van der Waals surface area contributed by atoms with Crippen LogP contribution in [-0.2, 0) is 6.42 Å². The highest BCUT2D eigenvalue weighted by Gasteiger charge is 2.16. The zero-order valence-electron chi connectivity index (χ0n) is 10.6. The van der Waals surface area contributed by atoms with Gasteiger partial charge in [0.05, 0.1) is 6.04 Å². The molecule has 3 rings (SSSR count). The average molecular weight is 287 g/mol. The predicted octanol–water partition coefficient (Wildman–Crippen LogP) is 2.75. The van der Waals surface area contributed by atoms with Gasteiger partial charge in [0.1, 0.15) is 5.75 Å². The maximum absolute atomic E-state index is 9.25. The summed E-state index contributed by atoms with van der Waals surface area (Å²) >= 11 is 1.58. The van der Waals surface area contributed by atoms with Crippen LogP contribution in [0.2, 0.25) is 0 Å². The van der Waals surface area contributed by atoms with Gasteiger partial charge < -0.3 is 15.4 Å². The van der Waals surface area contributed by atoms with Crippen molar-refractivity contribution in [3.05, 3.63) is 52.5 Å². The summed E-state index contributed by atoms with van der Waals surface area (Å²) in [6, 6.07) is 8.49. The molecule has 5 nitrogen and oxygen atoms in total. The molecule has 3 N–H and O–H groups in total. The zero-order valence-corrected chi connectivity index (χ0v) is 11.4. The fraction of sp³-hybridized carbons (Fsp3) is 0.143. The third-order valence-electron chi connectivity index (χ3n) is 2.93. The van der Waals surface area contributed by atoms with E-state index in [-0.39, 0.29) is 11.8 Å². The fourth-order valence-corrected chi connectivity index (χ4v) is 2.50. The second kappa shape index (κ2) is 5.44. The second-order valence-electron chi connectivity index (χ2n) is 4.45. The highest BCUT2D eigenvalue weighted by atomic mass is 32.1. The maximum Gasteiger partial charge on any atom is 0.244 e. The highest BCUT2D eigenvalue weighted by Crippen LogP contribution is 2.22. The van der Waals surface area contributed by atoms with E-state index >= 15 is 0 Å². The molecule has 0 amide bonds. The van der Waals surface area contributed by atoms with Gasteiger partial charge in [-0.15, -0.1) is 0 Å². The average Bonchev–Trinajstić information content (AvgIpc) is 3.11. The Hall–Kier alpha value is -2.18. The minimum Gasteiger partial charge on any atom is -0.508 e. The molecule has 0 fully saturated rings. The van der Waals surface area contributed by atoms with E-state index in [9.17, 15) is 5.11 Å². The molecule has 0 saturated carbocycles. The molecule has 6 heteroatoms. The molecule has 3 aromatic rings. The number of hydrogen-bond donors (Lipinski definition) is 2. The van der Waals surface area contributed by atoms with Crippen LogP contribution >= 0.6 is 11.3 Å². The topological polar surface area (TPSA) is 85.2 Å². The fourth-order valence-electron chi connectivity index (χ4n) is 1.87. The number of rotatable bonds is 4. The molecule has 0 spiro atoms. The predicted molar refractivity (Wildman–Crippen MR) is 76.4 cm³/mol. The van der Waals surface area contributed by atoms with Crippen molar-refractivity contribution in [3.63, 3.8) is 0 Å². The first-order valence-electron chi connectivity index (χ1n) is 6.12. The van der Waals surface area contributed by atoms with Gasteiger partial charge in [-0.1, -0.05) is 17.3 Å². The van der Waals surface area contributed by atoms with E-state index in [4.69, 9.17) is 10.3 Å². The summed E-state index contributed by atoms with van der Waals surface area (Å²) in [7, 11) is 0. The number of benzene rings is 1. The molecule has 1 unspecified atom stereocenters. The molecular weight excluding hydrogens is 274 g/mol. The quantitative estimate of drug-likeness (QED) is 0.770. The van der Waals surface area contributed by atoms with Crippen LogP contribution in [0.4, 0.5) is 0 Å². The van der Waals surface area contributed by atoms with Crippen molar-refractivity contribution in [3.8, 4) is 17.1 Å². The Labute approximate surface area is 119 Å². The van der Waals surface area contributed by atoms with Crippen LogP contribution in [0, 0.1) is 0 Å². The van der Waals surface area contributed by atoms with E-state index in [1.54, 1.807) is 23.5 Å². The number of nitrogens with two attached hydrogens (primary N) is 1. The van der Waals surface area contributed by atoms with Gasteiger partial charge >= 0.3 is 0 Å². The lowest BCUT2D eigenvalue weighted by molar-refractivity contribution is 0.354. The molecule has 0 aliphatic carbocycles. The van der Waals surface area contributed by atoms with Gasteiger partial charge in [-0.3, -0.25) is 0 Å². The van der Waals surface area contributed by atoms with Crippen molar-refractivity contribution in [2.45, 2.75) is 12.5 Å². The Bertz CT molecular complexity index is 677. The van der Waals surface area contributed by atoms with Crippen molar-refractivity contribution in [2.75, 3.05) is 0 Å². The summed E-state index contributed by atoms with van der Waals surface area (Å²) in [4.78, 5) is 4.32. The van der Waals surface area contributed by atoms with E-state index in [1.165, 1.54) is 0 Å². The molecule has 0 bridgehead atoms. The van der Waals surface area contributed by atoms with Crippen LogP contribution in [0.25, 0.3) is 11.4 Å². The Morgan fingerprint density at radius 3 is 2.75 bits per heavy atom. The maximum atomic E-state index is 9.25. The lowest BCUT2D eigenvalue weighted by atomic mass is 10.1. The first kappa shape index (κ1) is 12.8. The highest BCUT2D eigenvalue weighted by molar-refractivity contribution is 7.08. The number of aromatic nitrogens is 2. The SMILES string of the molecule is NC(Cc1ccc(O)cc1)c1nc(-c2ccsc2)no1. The van der Waals surface area contributed by atoms with Gasteiger partial charge in [0, 0.05) is 10.9 Å². The van der Waals surface area contributed by atoms with E-state index in [2.05, 4.69) is 10.1 Å². The van der Waals surface area contributed by atoms with Crippen LogP contribution < -0.4 is 5.73 Å². The van der Waals surface area contributed by atoms with Gasteiger partial charge in [0.15, 0.2) is 0 Å². The van der Waals surface area contributed by atoms with Crippen molar-refractivity contribution >= 4 is 11.3 Å². The molecule has 2 aromatic heterocycles. The number of phenolic OH excluding ortho intramolecular Hbond substituents is 1. The van der Waals surface area contributed by atoms with Crippen LogP contribution in [0.1, 0.15) is 17.5 Å². The van der Waals surface area contributed by atoms with Crippen LogP contribution in [0.5, 0.6) is 5.75 Å². The van der Waals surface area contributed by atoms with Crippen LogP contribution in [-0.4, -0.2) is 15.2 Å². The van der Waals surface area contributed by atoms with Gasteiger partial charge in [-0.05, 0) is 35.6 Å². The molecule has 1 aromatic carbocycles. The summed E-state index contributed by atoms with van der Waals surface area (Å²) in [5, 5.41) is 17.1. The Balaban J connectivity index is 1.74. The number of phenols is 1. The normalized spacial score (nSPS) is 12.4. The third-order valence-corrected chi connectivity index (χ3v) is 3.61. The second-order valence-corrected chi connectivity index (χ2v) is 5.23. The Morgan fingerprint density at radius 2 is 2.05 bits per heavy atom. The minimum atomic E-state index is -0.362. The van der Waals surface area contributed by atoms with Crippen molar-refractivity contribution < 1.29 is 9.63 Å². The summed E-state index contributed by atoms with van der Waals surface area (Å²) in [6.45, 7) is 0. The van der Waals surface area contributed by atoms with Gasteiger partial charge in [0.2, 0.25) is 11.7 Å². The molecule has 0 radical (unpaired) electrons. The lowest BCUT2D eigenvalue weighted by Gasteiger charge is -2.06. The van der Waals surface area contributed by atoms with E-state index < -0.39 is 0 Å². The van der Waals surface area contributed by atoms with Crippen molar-refractivity contribution in [2.24, 2.45) is 5.73 Å². The standard InChI is InChI=1S/C14H13N3O2S/c15-12(7-9-1-3-11(18)4-2-9)14-16-13(17-19-14)10-5-6-20-8-10/h1-6,8,12,18H,7,15H2. The number of hydrogen-bond acceptors (Lipinski definition) is 6. The van der Waals surface area contributed by atoms with Gasteiger partial charge in [-0.25, -0.2) is 0 Å². The van der Waals surface area contributed by atoms with Crippen molar-refractivity contribution in [1.82, 2.24) is 10.1 Å². The van der Waals surface area contributed by atoms with E-state index in [0.29, 0.717) is 18.1 Å². The Kier molecular flexibility index (Phi) is 3.49. The summed E-state index contributed by atoms with van der Waals surface area (Å²) < 4.78 is 5.22. The smallest absolute Gasteiger partial charge is 0.244 e. The van der Waals surface area contributed by atoms with Crippen LogP contribution in [0.3, 0.4) is 0 Å². The van der Waals surface area contributed by atoms with Crippen LogP contribution in [0.15, 0.2) is 45.6 Å². The number of thiophene rings is 1.